The van der Waals surface area contributed by atoms with Crippen molar-refractivity contribution in [1.82, 2.24) is 15.6 Å². The molecule has 1 aromatic carbocycles. The molecule has 0 bridgehead atoms. The molecular formula is C30H37F5N4O7. The molecule has 2 heterocycles. The van der Waals surface area contributed by atoms with E-state index in [9.17, 15) is 36.3 Å². The molecule has 0 spiro atoms. The number of hydrogen-bond acceptors (Lipinski definition) is 8. The van der Waals surface area contributed by atoms with Crippen molar-refractivity contribution in [3.8, 4) is 5.75 Å². The van der Waals surface area contributed by atoms with Gasteiger partial charge in [0.25, 0.3) is 11.8 Å². The number of nitrogens with one attached hydrogen (secondary N) is 3. The minimum Gasteiger partial charge on any atom is -0.493 e. The van der Waals surface area contributed by atoms with Gasteiger partial charge in [-0.1, -0.05) is 13.0 Å². The van der Waals surface area contributed by atoms with Crippen molar-refractivity contribution in [3.63, 3.8) is 0 Å². The third kappa shape index (κ3) is 8.60. The fraction of sp³-hybridized carbons (Fsp3) is 0.533. The van der Waals surface area contributed by atoms with Gasteiger partial charge >= 0.3 is 12.3 Å². The molecule has 0 unspecified atom stereocenters. The number of pyridine rings is 1. The third-order valence-electron chi connectivity index (χ3n) is 7.28. The van der Waals surface area contributed by atoms with Crippen LogP contribution in [-0.4, -0.2) is 79.8 Å². The number of nitrogens with zero attached hydrogens (tertiary/aromatic N) is 1. The first-order chi connectivity index (χ1) is 21.4. The zero-order chi connectivity index (χ0) is 34.4. The van der Waals surface area contributed by atoms with E-state index < -0.39 is 70.6 Å². The number of halogens is 5. The lowest BCUT2D eigenvalue weighted by molar-refractivity contribution is -0.272. The molecule has 3 rings (SSSR count). The van der Waals surface area contributed by atoms with Crippen LogP contribution in [0, 0.1) is 17.6 Å². The number of alkyl halides is 3. The van der Waals surface area contributed by atoms with E-state index in [0.29, 0.717) is 0 Å². The van der Waals surface area contributed by atoms with E-state index in [1.54, 1.807) is 20.8 Å². The van der Waals surface area contributed by atoms with Crippen LogP contribution in [0.15, 0.2) is 30.5 Å². The van der Waals surface area contributed by atoms with Crippen LogP contribution in [-0.2, 0) is 19.0 Å². The van der Waals surface area contributed by atoms with Crippen LogP contribution in [0.5, 0.6) is 5.75 Å². The molecule has 4 atom stereocenters. The summed E-state index contributed by atoms with van der Waals surface area (Å²) >= 11 is 0. The normalized spacial score (nSPS) is 21.4. The van der Waals surface area contributed by atoms with E-state index in [2.05, 4.69) is 20.9 Å². The number of rotatable bonds is 11. The molecule has 0 saturated carbocycles. The van der Waals surface area contributed by atoms with E-state index in [-0.39, 0.29) is 43.2 Å². The summed E-state index contributed by atoms with van der Waals surface area (Å²) in [6, 6.07) is 4.30. The molecule has 16 heteroatoms. The summed E-state index contributed by atoms with van der Waals surface area (Å²) < 4.78 is 91.8. The molecule has 0 radical (unpaired) electrons. The molecule has 1 saturated heterocycles. The summed E-state index contributed by atoms with van der Waals surface area (Å²) in [6.45, 7) is 7.68. The molecule has 254 valence electrons. The molecule has 1 fully saturated rings. The minimum atomic E-state index is -4.92. The van der Waals surface area contributed by atoms with Crippen LogP contribution in [0.4, 0.5) is 32.4 Å². The Morgan fingerprint density at radius 3 is 2.30 bits per heavy atom. The number of amides is 3. The molecule has 1 aromatic heterocycles. The maximum Gasteiger partial charge on any atom is 0.417 e. The van der Waals surface area contributed by atoms with E-state index in [4.69, 9.17) is 18.9 Å². The Morgan fingerprint density at radius 2 is 1.70 bits per heavy atom. The topological polar surface area (TPSA) is 137 Å². The van der Waals surface area contributed by atoms with Crippen LogP contribution in [0.2, 0.25) is 0 Å². The molecule has 0 aliphatic carbocycles. The van der Waals surface area contributed by atoms with Crippen molar-refractivity contribution in [2.45, 2.75) is 64.0 Å². The lowest BCUT2D eigenvalue weighted by atomic mass is 9.77. The highest BCUT2D eigenvalue weighted by Gasteiger charge is 2.66. The summed E-state index contributed by atoms with van der Waals surface area (Å²) in [4.78, 5) is 41.6. The fourth-order valence-corrected chi connectivity index (χ4v) is 4.85. The van der Waals surface area contributed by atoms with Crippen molar-refractivity contribution in [2.24, 2.45) is 5.92 Å². The van der Waals surface area contributed by atoms with Gasteiger partial charge < -0.3 is 34.9 Å². The summed E-state index contributed by atoms with van der Waals surface area (Å²) in [5.41, 5.74) is -3.75. The Balaban J connectivity index is 1.66. The van der Waals surface area contributed by atoms with Gasteiger partial charge in [0.2, 0.25) is 5.82 Å². The summed E-state index contributed by atoms with van der Waals surface area (Å²) in [6.07, 6.45) is -6.12. The van der Waals surface area contributed by atoms with Crippen molar-refractivity contribution in [3.05, 3.63) is 53.4 Å². The Bertz CT molecular complexity index is 1420. The second kappa shape index (κ2) is 14.6. The van der Waals surface area contributed by atoms with Crippen LogP contribution < -0.4 is 20.7 Å². The third-order valence-corrected chi connectivity index (χ3v) is 7.28. The van der Waals surface area contributed by atoms with Crippen molar-refractivity contribution in [2.75, 3.05) is 38.7 Å². The number of carbonyl (C=O) groups excluding carboxylic acids is 3. The predicted octanol–water partition coefficient (Wildman–Crippen LogP) is 4.72. The fourth-order valence-electron chi connectivity index (χ4n) is 4.85. The number of methoxy groups -OCH3 is 1. The Labute approximate surface area is 262 Å². The van der Waals surface area contributed by atoms with Gasteiger partial charge in [0.05, 0.1) is 20.3 Å². The van der Waals surface area contributed by atoms with Crippen molar-refractivity contribution >= 4 is 23.6 Å². The zero-order valence-electron chi connectivity index (χ0n) is 26.1. The number of hydrogen-bond donors (Lipinski definition) is 3. The summed E-state index contributed by atoms with van der Waals surface area (Å²) in [5, 5.41) is 7.53. The predicted molar refractivity (Wildman–Crippen MR) is 154 cm³/mol. The van der Waals surface area contributed by atoms with Crippen LogP contribution >= 0.6 is 0 Å². The second-order valence-electron chi connectivity index (χ2n) is 11.7. The average molecular weight is 661 g/mol. The molecule has 1 aliphatic heterocycles. The summed E-state index contributed by atoms with van der Waals surface area (Å²) in [5.74, 6) is -7.84. The Kier molecular flexibility index (Phi) is 11.5. The molecule has 2 aromatic rings. The largest absolute Gasteiger partial charge is 0.493 e. The quantitative estimate of drug-likeness (QED) is 0.233. The molecule has 1 aliphatic rings. The molecule has 11 nitrogen and oxygen atoms in total. The van der Waals surface area contributed by atoms with Crippen LogP contribution in [0.3, 0.4) is 0 Å². The van der Waals surface area contributed by atoms with Crippen LogP contribution in [0.1, 0.15) is 56.6 Å². The highest BCUT2D eigenvalue weighted by Crippen LogP contribution is 2.55. The number of ether oxygens (including phenoxy) is 4. The standard InChI is InChI=1S/C30H37F5N4O7/c1-16-21(18-7-8-19(31)22(32)23(18)43-6)24(45-29(16,5)30(33,34)35)26(41)39-17-9-10-36-20(15-17)25(40)37-11-13-44-14-12-38-27(42)46-28(2,3)4/h7-10,15-16,21,24H,11-14H2,1-6H3,(H,37,40)(H,38,42)(H,36,39,41)/t16-,21-,24+,29+/m0/s1. The number of alkyl carbamates (subject to hydrolysis) is 1. The lowest BCUT2D eigenvalue weighted by Crippen LogP contribution is -2.47. The van der Waals surface area contributed by atoms with Gasteiger partial charge in [-0.25, -0.2) is 9.18 Å². The van der Waals surface area contributed by atoms with E-state index >= 15 is 0 Å². The monoisotopic (exact) mass is 660 g/mol. The highest BCUT2D eigenvalue weighted by molar-refractivity contribution is 5.97. The minimum absolute atomic E-state index is 0.0162. The smallest absolute Gasteiger partial charge is 0.417 e. The Hall–Kier alpha value is -4.05. The van der Waals surface area contributed by atoms with Gasteiger partial charge in [-0.05, 0) is 45.9 Å². The molecule has 3 N–H and O–H groups in total. The SMILES string of the molecule is COc1c([C@H]2[C@H](C(=O)Nc3ccnc(C(=O)NCCOCCNC(=O)OC(C)(C)C)c3)O[C@@](C)(C(F)(F)F)[C@H]2C)ccc(F)c1F. The number of carbonyl (C=O) groups is 3. The van der Waals surface area contributed by atoms with Gasteiger partial charge in [0.15, 0.2) is 17.2 Å². The molecule has 3 amide bonds. The van der Waals surface area contributed by atoms with Gasteiger partial charge in [-0.3, -0.25) is 14.6 Å². The van der Waals surface area contributed by atoms with Gasteiger partial charge in [-0.2, -0.15) is 17.6 Å². The first kappa shape index (κ1) is 36.4. The van der Waals surface area contributed by atoms with Gasteiger partial charge in [0, 0.05) is 42.4 Å². The van der Waals surface area contributed by atoms with E-state index in [0.717, 1.165) is 26.2 Å². The first-order valence-electron chi connectivity index (χ1n) is 14.3. The maximum absolute atomic E-state index is 14.6. The average Bonchev–Trinajstić information content (AvgIpc) is 3.24. The van der Waals surface area contributed by atoms with Crippen molar-refractivity contribution < 1.29 is 55.3 Å². The van der Waals surface area contributed by atoms with Gasteiger partial charge in [-0.15, -0.1) is 0 Å². The van der Waals surface area contributed by atoms with Gasteiger partial charge in [0.1, 0.15) is 17.4 Å². The lowest BCUT2D eigenvalue weighted by Gasteiger charge is -2.32. The van der Waals surface area contributed by atoms with Crippen molar-refractivity contribution in [1.29, 1.82) is 0 Å². The first-order valence-corrected chi connectivity index (χ1v) is 14.3. The number of benzene rings is 1. The van der Waals surface area contributed by atoms with Crippen LogP contribution in [0.25, 0.3) is 0 Å². The maximum atomic E-state index is 14.6. The Morgan fingerprint density at radius 1 is 1.04 bits per heavy atom. The summed E-state index contributed by atoms with van der Waals surface area (Å²) in [7, 11) is 1.03. The number of anilines is 1. The van der Waals surface area contributed by atoms with E-state index in [1.807, 2.05) is 0 Å². The highest BCUT2D eigenvalue weighted by atomic mass is 19.4. The molecular weight excluding hydrogens is 623 g/mol. The van der Waals surface area contributed by atoms with E-state index in [1.165, 1.54) is 25.3 Å². The molecule has 46 heavy (non-hydrogen) atoms. The zero-order valence-corrected chi connectivity index (χ0v) is 26.1. The number of aromatic nitrogens is 1. The second-order valence-corrected chi connectivity index (χ2v) is 11.7.